The number of hydrogen-bond donors (Lipinski definition) is 0. The van der Waals surface area contributed by atoms with E-state index < -0.39 is 0 Å². The molecule has 0 unspecified atom stereocenters. The Kier molecular flexibility index (Phi) is 4.56. The van der Waals surface area contributed by atoms with Crippen molar-refractivity contribution in [2.45, 2.75) is 0 Å². The van der Waals surface area contributed by atoms with Crippen LogP contribution in [0, 0.1) is 0 Å². The van der Waals surface area contributed by atoms with Crippen molar-refractivity contribution in [1.29, 1.82) is 0 Å². The number of allylic oxidation sites excluding steroid dienone is 4. The van der Waals surface area contributed by atoms with Gasteiger partial charge in [0.1, 0.15) is 5.76 Å². The maximum absolute atomic E-state index is 5.09. The number of ether oxygens (including phenoxy) is 1. The second-order valence-electron chi connectivity index (χ2n) is 3.38. The molecule has 0 amide bonds. The number of rotatable bonds is 4. The first-order valence-corrected chi connectivity index (χ1v) is 5.75. The molecule has 0 fully saturated rings. The Bertz CT molecular complexity index is 327. The molecule has 82 valence electrons. The molecule has 1 aliphatic heterocycles. The minimum absolute atomic E-state index is 0.791. The zero-order chi connectivity index (χ0) is 11.3. The molecule has 0 bridgehead atoms. The fourth-order valence-electron chi connectivity index (χ4n) is 1.16. The van der Waals surface area contributed by atoms with Gasteiger partial charge in [0.15, 0.2) is 0 Å². The van der Waals surface area contributed by atoms with Crippen molar-refractivity contribution in [2.24, 2.45) is 0 Å². The summed E-state index contributed by atoms with van der Waals surface area (Å²) in [4.78, 5) is 2.12. The molecule has 0 aliphatic carbocycles. The Hall–Kier alpha value is -1.09. The van der Waals surface area contributed by atoms with E-state index in [4.69, 9.17) is 4.74 Å². The quantitative estimate of drug-likeness (QED) is 0.537. The maximum Gasteiger partial charge on any atom is 0.118 e. The number of nitrogens with zero attached hydrogens (tertiary/aromatic N) is 1. The summed E-state index contributed by atoms with van der Waals surface area (Å²) in [7, 11) is 5.76. The second-order valence-corrected chi connectivity index (χ2v) is 4.38. The lowest BCUT2D eigenvalue weighted by molar-refractivity contribution is 0.307. The molecule has 2 nitrogen and oxygen atoms in total. The molecule has 0 atom stereocenters. The molecule has 1 rings (SSSR count). The highest BCUT2D eigenvalue weighted by Gasteiger charge is 2.10. The van der Waals surface area contributed by atoms with Crippen LogP contribution in [-0.2, 0) is 4.74 Å². The van der Waals surface area contributed by atoms with Gasteiger partial charge < -0.3 is 9.64 Å². The third-order valence-corrected chi connectivity index (χ3v) is 3.29. The zero-order valence-electron chi connectivity index (χ0n) is 9.49. The van der Waals surface area contributed by atoms with Gasteiger partial charge in [-0.25, -0.2) is 0 Å². The van der Waals surface area contributed by atoms with Gasteiger partial charge in [0.2, 0.25) is 0 Å². The van der Waals surface area contributed by atoms with E-state index >= 15 is 0 Å². The zero-order valence-corrected chi connectivity index (χ0v) is 10.3. The summed E-state index contributed by atoms with van der Waals surface area (Å²) in [5, 5.41) is 1.30. The van der Waals surface area contributed by atoms with E-state index in [0.29, 0.717) is 0 Å². The number of thioether (sulfide) groups is 1. The first kappa shape index (κ1) is 12.0. The lowest BCUT2D eigenvalue weighted by atomic mass is 10.2. The summed E-state index contributed by atoms with van der Waals surface area (Å²) >= 11 is 1.85. The van der Waals surface area contributed by atoms with Gasteiger partial charge in [-0.2, -0.15) is 0 Å². The van der Waals surface area contributed by atoms with E-state index in [-0.39, 0.29) is 0 Å². The van der Waals surface area contributed by atoms with Crippen LogP contribution >= 0.6 is 11.8 Å². The van der Waals surface area contributed by atoms with Crippen molar-refractivity contribution < 1.29 is 4.74 Å². The number of methoxy groups -OCH3 is 1. The average molecular weight is 223 g/mol. The van der Waals surface area contributed by atoms with Crippen molar-refractivity contribution in [2.75, 3.05) is 27.0 Å². The molecule has 0 radical (unpaired) electrons. The summed E-state index contributed by atoms with van der Waals surface area (Å²) in [6.45, 7) is 3.67. The molecule has 0 saturated carbocycles. The van der Waals surface area contributed by atoms with Crippen molar-refractivity contribution in [3.05, 3.63) is 47.2 Å². The van der Waals surface area contributed by atoms with Gasteiger partial charge in [-0.1, -0.05) is 12.7 Å². The Morgan fingerprint density at radius 1 is 1.60 bits per heavy atom. The summed E-state index contributed by atoms with van der Waals surface area (Å²) in [6.07, 6.45) is 7.91. The summed E-state index contributed by atoms with van der Waals surface area (Å²) in [6, 6.07) is 0. The van der Waals surface area contributed by atoms with E-state index in [9.17, 15) is 0 Å². The fourth-order valence-corrected chi connectivity index (χ4v) is 2.15. The maximum atomic E-state index is 5.09. The predicted octanol–water partition coefficient (Wildman–Crippen LogP) is 2.78. The van der Waals surface area contributed by atoms with Crippen LogP contribution in [-0.4, -0.2) is 31.9 Å². The van der Waals surface area contributed by atoms with Crippen molar-refractivity contribution >= 4 is 11.8 Å². The monoisotopic (exact) mass is 223 g/mol. The van der Waals surface area contributed by atoms with E-state index in [1.165, 1.54) is 10.6 Å². The first-order valence-electron chi connectivity index (χ1n) is 4.76. The summed E-state index contributed by atoms with van der Waals surface area (Å²) in [5.74, 6) is 1.82. The number of hydrogen-bond acceptors (Lipinski definition) is 3. The van der Waals surface area contributed by atoms with Crippen LogP contribution in [0.25, 0.3) is 0 Å². The smallest absolute Gasteiger partial charge is 0.118 e. The SMILES string of the molecule is C=C/C(=C\C=C1\C=C(N(C)C)SC1)OC. The molecule has 1 heterocycles. The van der Waals surface area contributed by atoms with Crippen molar-refractivity contribution in [3.8, 4) is 0 Å². The molecule has 0 spiro atoms. The minimum Gasteiger partial charge on any atom is -0.497 e. The molecular weight excluding hydrogens is 206 g/mol. The van der Waals surface area contributed by atoms with Crippen LogP contribution < -0.4 is 0 Å². The van der Waals surface area contributed by atoms with Crippen LogP contribution in [0.3, 0.4) is 0 Å². The van der Waals surface area contributed by atoms with Crippen LogP contribution in [0.15, 0.2) is 47.2 Å². The van der Waals surface area contributed by atoms with Gasteiger partial charge in [-0.15, -0.1) is 11.8 Å². The van der Waals surface area contributed by atoms with Gasteiger partial charge >= 0.3 is 0 Å². The topological polar surface area (TPSA) is 12.5 Å². The molecule has 3 heteroatoms. The molecule has 0 aromatic rings. The summed E-state index contributed by atoms with van der Waals surface area (Å²) in [5.41, 5.74) is 1.31. The standard InChI is InChI=1S/C12H17NOS/c1-5-11(14-4)7-6-10-8-12(13(2)3)15-9-10/h5-8H,1,9H2,2-4H3/b10-6-,11-7+. The molecule has 1 aliphatic rings. The molecule has 15 heavy (non-hydrogen) atoms. The molecule has 0 saturated heterocycles. The molecule has 0 aromatic carbocycles. The minimum atomic E-state index is 0.791. The predicted molar refractivity (Wildman–Crippen MR) is 67.6 cm³/mol. The fraction of sp³-hybridized carbons (Fsp3) is 0.333. The van der Waals surface area contributed by atoms with Crippen LogP contribution in [0.2, 0.25) is 0 Å². The first-order chi connectivity index (χ1) is 7.17. The van der Waals surface area contributed by atoms with Gasteiger partial charge in [0, 0.05) is 19.8 Å². The third-order valence-electron chi connectivity index (χ3n) is 2.03. The largest absolute Gasteiger partial charge is 0.497 e. The lowest BCUT2D eigenvalue weighted by Crippen LogP contribution is -2.06. The Labute approximate surface area is 96.0 Å². The Morgan fingerprint density at radius 3 is 2.80 bits per heavy atom. The van der Waals surface area contributed by atoms with Crippen molar-refractivity contribution in [3.63, 3.8) is 0 Å². The van der Waals surface area contributed by atoms with Crippen LogP contribution in [0.4, 0.5) is 0 Å². The van der Waals surface area contributed by atoms with Crippen molar-refractivity contribution in [1.82, 2.24) is 4.90 Å². The second kappa shape index (κ2) is 5.71. The van der Waals surface area contributed by atoms with E-state index in [1.807, 2.05) is 17.8 Å². The highest BCUT2D eigenvalue weighted by Crippen LogP contribution is 2.29. The van der Waals surface area contributed by atoms with Crippen LogP contribution in [0.1, 0.15) is 0 Å². The van der Waals surface area contributed by atoms with E-state index in [1.54, 1.807) is 13.2 Å². The third kappa shape index (κ3) is 3.51. The lowest BCUT2D eigenvalue weighted by Gasteiger charge is -2.10. The Morgan fingerprint density at radius 2 is 2.33 bits per heavy atom. The summed E-state index contributed by atoms with van der Waals surface area (Å²) < 4.78 is 5.09. The molecule has 0 N–H and O–H groups in total. The normalized spacial score (nSPS) is 19.0. The average Bonchev–Trinajstić information content (AvgIpc) is 2.68. The van der Waals surface area contributed by atoms with Gasteiger partial charge in [0.25, 0.3) is 0 Å². The van der Waals surface area contributed by atoms with E-state index in [0.717, 1.165) is 11.5 Å². The molecule has 0 aromatic heterocycles. The highest BCUT2D eigenvalue weighted by atomic mass is 32.2. The van der Waals surface area contributed by atoms with E-state index in [2.05, 4.69) is 37.7 Å². The Balaban J connectivity index is 2.71. The molecular formula is C12H17NOS. The highest BCUT2D eigenvalue weighted by molar-refractivity contribution is 8.03. The van der Waals surface area contributed by atoms with Gasteiger partial charge in [0.05, 0.1) is 12.1 Å². The van der Waals surface area contributed by atoms with Crippen LogP contribution in [0.5, 0.6) is 0 Å². The van der Waals surface area contributed by atoms with Gasteiger partial charge in [-0.05, 0) is 23.8 Å². The van der Waals surface area contributed by atoms with Gasteiger partial charge in [-0.3, -0.25) is 0 Å².